The number of aromatic nitrogens is 3. The van der Waals surface area contributed by atoms with Gasteiger partial charge in [-0.1, -0.05) is 164 Å². The summed E-state index contributed by atoms with van der Waals surface area (Å²) in [7, 11) is 0. The summed E-state index contributed by atoms with van der Waals surface area (Å²) in [6.07, 6.45) is 0. The van der Waals surface area contributed by atoms with E-state index in [-0.39, 0.29) is 0 Å². The van der Waals surface area contributed by atoms with Crippen LogP contribution in [-0.4, -0.2) is 14.5 Å². The summed E-state index contributed by atoms with van der Waals surface area (Å²) in [6.45, 7) is 0. The van der Waals surface area contributed by atoms with Crippen LogP contribution >= 0.6 is 0 Å². The number of hydrogen-bond acceptors (Lipinski definition) is 3. The molecule has 0 aliphatic carbocycles. The first-order chi connectivity index (χ1) is 30.7. The van der Waals surface area contributed by atoms with Gasteiger partial charge in [0.05, 0.1) is 16.7 Å². The Hall–Kier alpha value is -8.34. The highest BCUT2D eigenvalue weighted by atomic mass is 16.3. The lowest BCUT2D eigenvalue weighted by Crippen LogP contribution is -1.99. The van der Waals surface area contributed by atoms with Crippen LogP contribution in [0, 0.1) is 0 Å². The summed E-state index contributed by atoms with van der Waals surface area (Å²) in [5, 5.41) is 10.5. The molecule has 4 nitrogen and oxygen atoms in total. The molecule has 0 radical (unpaired) electrons. The molecule has 10 aromatic carbocycles. The third-order valence-corrected chi connectivity index (χ3v) is 12.5. The molecule has 13 aromatic rings. The molecule has 0 atom stereocenters. The lowest BCUT2D eigenvalue weighted by molar-refractivity contribution is 0.667. The second-order valence-electron chi connectivity index (χ2n) is 16.2. The van der Waals surface area contributed by atoms with Crippen LogP contribution in [0.2, 0.25) is 0 Å². The molecule has 0 bridgehead atoms. The summed E-state index contributed by atoms with van der Waals surface area (Å²) in [6, 6.07) is 75.8. The Morgan fingerprint density at radius 2 is 0.855 bits per heavy atom. The second-order valence-corrected chi connectivity index (χ2v) is 16.2. The van der Waals surface area contributed by atoms with Crippen molar-refractivity contribution in [2.75, 3.05) is 0 Å². The maximum absolute atomic E-state index is 6.87. The minimum Gasteiger partial charge on any atom is -0.452 e. The van der Waals surface area contributed by atoms with E-state index in [1.54, 1.807) is 0 Å². The molecule has 0 fully saturated rings. The molecular weight excluding hydrogens is 755 g/mol. The van der Waals surface area contributed by atoms with Crippen molar-refractivity contribution in [2.24, 2.45) is 0 Å². The maximum atomic E-state index is 6.87. The number of fused-ring (bicyclic) bond motifs is 9. The standard InChI is InChI=1S/C58H35N3O/c1-4-16-36(17-5-1)46-34-50-54(35-47(46)37-18-6-2-7-19-37)62-57-55(38-20-8-3-9-21-38)59-58(60-56(50)57)44-28-43-26-14-15-27-45(43)51(33-44)61-52-31-41-24-12-10-22-39(41)29-48(52)49-30-40-23-11-13-25-42(40)32-53(49)61/h1-35H. The molecule has 4 heteroatoms. The van der Waals surface area contributed by atoms with Crippen molar-refractivity contribution in [2.45, 2.75) is 0 Å². The van der Waals surface area contributed by atoms with Crippen LogP contribution in [0.25, 0.3) is 127 Å². The molecule has 0 spiro atoms. The van der Waals surface area contributed by atoms with Crippen LogP contribution in [0.3, 0.4) is 0 Å². The summed E-state index contributed by atoms with van der Waals surface area (Å²) in [5.74, 6) is 0.635. The molecule has 0 unspecified atom stereocenters. The van der Waals surface area contributed by atoms with Crippen LogP contribution in [0.1, 0.15) is 0 Å². The van der Waals surface area contributed by atoms with E-state index in [9.17, 15) is 0 Å². The minimum absolute atomic E-state index is 0.635. The Labute approximate surface area is 356 Å². The first kappa shape index (κ1) is 34.5. The monoisotopic (exact) mass is 789 g/mol. The van der Waals surface area contributed by atoms with Crippen molar-refractivity contribution in [1.82, 2.24) is 14.5 Å². The quantitative estimate of drug-likeness (QED) is 0.174. The van der Waals surface area contributed by atoms with Gasteiger partial charge in [-0.25, -0.2) is 9.97 Å². The molecule has 3 aromatic heterocycles. The summed E-state index contributed by atoms with van der Waals surface area (Å²) >= 11 is 0. The highest BCUT2D eigenvalue weighted by Gasteiger charge is 2.23. The van der Waals surface area contributed by atoms with Gasteiger partial charge in [0, 0.05) is 32.7 Å². The van der Waals surface area contributed by atoms with Gasteiger partial charge in [0.15, 0.2) is 11.4 Å². The van der Waals surface area contributed by atoms with Gasteiger partial charge >= 0.3 is 0 Å². The fourth-order valence-corrected chi connectivity index (χ4v) is 9.57. The van der Waals surface area contributed by atoms with Crippen molar-refractivity contribution in [1.29, 1.82) is 0 Å². The largest absolute Gasteiger partial charge is 0.452 e. The van der Waals surface area contributed by atoms with E-state index in [4.69, 9.17) is 14.4 Å². The topological polar surface area (TPSA) is 43.9 Å². The Balaban J connectivity index is 1.12. The Kier molecular flexibility index (Phi) is 7.57. The van der Waals surface area contributed by atoms with Gasteiger partial charge in [-0.15, -0.1) is 0 Å². The number of hydrogen-bond donors (Lipinski definition) is 0. The highest BCUT2D eigenvalue weighted by Crippen LogP contribution is 2.44. The second kappa shape index (κ2) is 13.6. The molecule has 0 saturated heterocycles. The predicted octanol–water partition coefficient (Wildman–Crippen LogP) is 15.6. The van der Waals surface area contributed by atoms with Gasteiger partial charge in [0.25, 0.3) is 0 Å². The van der Waals surface area contributed by atoms with E-state index in [1.165, 1.54) is 32.3 Å². The molecule has 13 rings (SSSR count). The zero-order valence-electron chi connectivity index (χ0n) is 33.5. The minimum atomic E-state index is 0.635. The number of nitrogens with zero attached hydrogens (tertiary/aromatic N) is 3. The van der Waals surface area contributed by atoms with Crippen molar-refractivity contribution in [3.63, 3.8) is 0 Å². The average molecular weight is 790 g/mol. The summed E-state index contributed by atoms with van der Waals surface area (Å²) in [5.41, 5.74) is 12.7. The van der Waals surface area contributed by atoms with E-state index in [2.05, 4.69) is 211 Å². The van der Waals surface area contributed by atoms with E-state index in [0.717, 1.165) is 83.1 Å². The van der Waals surface area contributed by atoms with Crippen LogP contribution in [0.15, 0.2) is 217 Å². The lowest BCUT2D eigenvalue weighted by Gasteiger charge is -2.15. The molecular formula is C58H35N3O. The molecule has 288 valence electrons. The molecule has 0 aliphatic heterocycles. The summed E-state index contributed by atoms with van der Waals surface area (Å²) < 4.78 is 9.33. The van der Waals surface area contributed by atoms with Crippen molar-refractivity contribution in [3.05, 3.63) is 212 Å². The molecule has 62 heavy (non-hydrogen) atoms. The number of furan rings is 1. The molecule has 0 saturated carbocycles. The van der Waals surface area contributed by atoms with Crippen LogP contribution in [0.4, 0.5) is 0 Å². The zero-order valence-corrected chi connectivity index (χ0v) is 33.5. The van der Waals surface area contributed by atoms with E-state index >= 15 is 0 Å². The third-order valence-electron chi connectivity index (χ3n) is 12.5. The van der Waals surface area contributed by atoms with Gasteiger partial charge in [0.1, 0.15) is 16.8 Å². The maximum Gasteiger partial charge on any atom is 0.180 e. The fourth-order valence-electron chi connectivity index (χ4n) is 9.57. The van der Waals surface area contributed by atoms with Gasteiger partial charge in [-0.3, -0.25) is 0 Å². The van der Waals surface area contributed by atoms with Crippen LogP contribution in [0.5, 0.6) is 0 Å². The van der Waals surface area contributed by atoms with Crippen molar-refractivity contribution >= 4 is 76.2 Å². The smallest absolute Gasteiger partial charge is 0.180 e. The Bertz CT molecular complexity index is 3810. The Morgan fingerprint density at radius 3 is 1.45 bits per heavy atom. The third kappa shape index (κ3) is 5.40. The number of benzene rings is 10. The van der Waals surface area contributed by atoms with Gasteiger partial charge in [-0.05, 0) is 97.7 Å². The van der Waals surface area contributed by atoms with E-state index in [1.807, 2.05) is 6.07 Å². The molecule has 0 N–H and O–H groups in total. The molecule has 0 aliphatic rings. The van der Waals surface area contributed by atoms with Crippen molar-refractivity contribution in [3.8, 4) is 50.6 Å². The van der Waals surface area contributed by atoms with E-state index < -0.39 is 0 Å². The SMILES string of the molecule is c1ccc(-c2cc3oc4c(-c5ccccc5)nc(-c5cc(-n6c7cc8ccccc8cc7c7cc8ccccc8cc76)c6ccccc6c5)nc4c3cc2-c2ccccc2)cc1. The number of rotatable bonds is 5. The van der Waals surface area contributed by atoms with Gasteiger partial charge < -0.3 is 8.98 Å². The Morgan fingerprint density at radius 1 is 0.355 bits per heavy atom. The first-order valence-corrected chi connectivity index (χ1v) is 21.1. The normalized spacial score (nSPS) is 11.9. The van der Waals surface area contributed by atoms with Crippen molar-refractivity contribution < 1.29 is 4.42 Å². The first-order valence-electron chi connectivity index (χ1n) is 21.1. The predicted molar refractivity (Wildman–Crippen MR) is 258 cm³/mol. The lowest BCUT2D eigenvalue weighted by atomic mass is 9.93. The zero-order chi connectivity index (χ0) is 40.7. The van der Waals surface area contributed by atoms with Crippen LogP contribution in [-0.2, 0) is 0 Å². The highest BCUT2D eigenvalue weighted by molar-refractivity contribution is 6.18. The van der Waals surface area contributed by atoms with E-state index in [0.29, 0.717) is 11.4 Å². The van der Waals surface area contributed by atoms with Gasteiger partial charge in [0.2, 0.25) is 0 Å². The summed E-state index contributed by atoms with van der Waals surface area (Å²) in [4.78, 5) is 10.9. The molecule has 0 amide bonds. The molecule has 3 heterocycles. The average Bonchev–Trinajstić information content (AvgIpc) is 3.86. The van der Waals surface area contributed by atoms with Crippen LogP contribution < -0.4 is 0 Å². The van der Waals surface area contributed by atoms with Gasteiger partial charge in [-0.2, -0.15) is 0 Å². The fraction of sp³-hybridized carbons (Fsp3) is 0.